The summed E-state index contributed by atoms with van der Waals surface area (Å²) in [6, 6.07) is 13.1. The predicted molar refractivity (Wildman–Crippen MR) is 107 cm³/mol. The standard InChI is InChI=1S/C18H17ClN2O4S2/c1-11(10-25-15-7-6-13(19)9-14(15)18(20)22)21-27(23,24)17-8-12-4-2-3-5-16(12)26-17/h2-9,11,21H,10H2,1H3,(H2,20,22)/t11-/m0/s1. The number of hydrogen-bond donors (Lipinski definition) is 2. The quantitative estimate of drug-likeness (QED) is 0.607. The van der Waals surface area contributed by atoms with Crippen molar-refractivity contribution in [1.29, 1.82) is 0 Å². The van der Waals surface area contributed by atoms with Crippen molar-refractivity contribution in [2.24, 2.45) is 5.73 Å². The first-order chi connectivity index (χ1) is 12.8. The molecule has 27 heavy (non-hydrogen) atoms. The molecule has 142 valence electrons. The molecule has 0 bridgehead atoms. The summed E-state index contributed by atoms with van der Waals surface area (Å²) in [7, 11) is -3.68. The van der Waals surface area contributed by atoms with Gasteiger partial charge < -0.3 is 10.5 Å². The van der Waals surface area contributed by atoms with Gasteiger partial charge in [0.2, 0.25) is 10.0 Å². The molecule has 6 nitrogen and oxygen atoms in total. The van der Waals surface area contributed by atoms with Gasteiger partial charge in [0, 0.05) is 9.72 Å². The molecule has 2 aromatic carbocycles. The average Bonchev–Trinajstić information content (AvgIpc) is 3.05. The van der Waals surface area contributed by atoms with Crippen LogP contribution in [0, 0.1) is 0 Å². The molecule has 0 radical (unpaired) electrons. The molecule has 0 aliphatic rings. The number of benzene rings is 2. The highest BCUT2D eigenvalue weighted by Crippen LogP contribution is 2.29. The van der Waals surface area contributed by atoms with Crippen molar-refractivity contribution >= 4 is 49.0 Å². The zero-order chi connectivity index (χ0) is 19.6. The van der Waals surface area contributed by atoms with E-state index in [0.717, 1.165) is 10.1 Å². The highest BCUT2D eigenvalue weighted by Gasteiger charge is 2.21. The lowest BCUT2D eigenvalue weighted by molar-refractivity contribution is 0.0996. The van der Waals surface area contributed by atoms with Crippen molar-refractivity contribution in [2.75, 3.05) is 6.61 Å². The first kappa shape index (κ1) is 19.6. The third-order valence-electron chi connectivity index (χ3n) is 3.72. The molecular formula is C18H17ClN2O4S2. The molecule has 0 aliphatic heterocycles. The summed E-state index contributed by atoms with van der Waals surface area (Å²) in [4.78, 5) is 11.5. The van der Waals surface area contributed by atoms with Crippen LogP contribution in [0.25, 0.3) is 10.1 Å². The molecule has 3 rings (SSSR count). The van der Waals surface area contributed by atoms with E-state index in [-0.39, 0.29) is 22.1 Å². The second-order valence-electron chi connectivity index (χ2n) is 5.94. The Morgan fingerprint density at radius 1 is 1.26 bits per heavy atom. The third kappa shape index (κ3) is 4.59. The van der Waals surface area contributed by atoms with Gasteiger partial charge in [-0.3, -0.25) is 4.79 Å². The van der Waals surface area contributed by atoms with Gasteiger partial charge in [0.15, 0.2) is 0 Å². The lowest BCUT2D eigenvalue weighted by Gasteiger charge is -2.16. The zero-order valence-corrected chi connectivity index (χ0v) is 16.7. The van der Waals surface area contributed by atoms with Crippen molar-refractivity contribution in [1.82, 2.24) is 4.72 Å². The van der Waals surface area contributed by atoms with Crippen LogP contribution in [0.15, 0.2) is 52.7 Å². The van der Waals surface area contributed by atoms with Gasteiger partial charge in [-0.15, -0.1) is 11.3 Å². The fraction of sp³-hybridized carbons (Fsp3) is 0.167. The minimum absolute atomic E-state index is 0.0199. The molecule has 0 saturated carbocycles. The Hall–Kier alpha value is -2.13. The Morgan fingerprint density at radius 2 is 2.00 bits per heavy atom. The summed E-state index contributed by atoms with van der Waals surface area (Å²) >= 11 is 7.06. The third-order valence-corrected chi connectivity index (χ3v) is 7.13. The SMILES string of the molecule is C[C@@H](COc1ccc(Cl)cc1C(N)=O)NS(=O)(=O)c1cc2ccccc2s1. The molecule has 0 unspecified atom stereocenters. The van der Waals surface area contributed by atoms with Gasteiger partial charge >= 0.3 is 0 Å². The monoisotopic (exact) mass is 424 g/mol. The van der Waals surface area contributed by atoms with Crippen LogP contribution in [0.5, 0.6) is 5.75 Å². The van der Waals surface area contributed by atoms with E-state index in [9.17, 15) is 13.2 Å². The van der Waals surface area contributed by atoms with Gasteiger partial charge in [-0.05, 0) is 42.6 Å². The summed E-state index contributed by atoms with van der Waals surface area (Å²) in [5, 5.41) is 1.23. The molecule has 0 aliphatic carbocycles. The smallest absolute Gasteiger partial charge is 0.252 e. The van der Waals surface area contributed by atoms with Crippen molar-refractivity contribution < 1.29 is 17.9 Å². The molecule has 0 fully saturated rings. The molecule has 0 saturated heterocycles. The van der Waals surface area contributed by atoms with Crippen LogP contribution in [-0.2, 0) is 10.0 Å². The summed E-state index contributed by atoms with van der Waals surface area (Å²) in [5.74, 6) is -0.425. The number of fused-ring (bicyclic) bond motifs is 1. The van der Waals surface area contributed by atoms with E-state index in [1.807, 2.05) is 24.3 Å². The molecular weight excluding hydrogens is 408 g/mol. The number of rotatable bonds is 7. The molecule has 1 aromatic heterocycles. The van der Waals surface area contributed by atoms with E-state index in [0.29, 0.717) is 5.02 Å². The van der Waals surface area contributed by atoms with E-state index in [1.165, 1.54) is 23.5 Å². The van der Waals surface area contributed by atoms with Gasteiger partial charge in [-0.1, -0.05) is 29.8 Å². The summed E-state index contributed by atoms with van der Waals surface area (Å²) < 4.78 is 34.5. The fourth-order valence-corrected chi connectivity index (χ4v) is 5.30. The number of amides is 1. The molecule has 1 heterocycles. The lowest BCUT2D eigenvalue weighted by atomic mass is 10.2. The first-order valence-corrected chi connectivity index (χ1v) is 10.7. The molecule has 3 aromatic rings. The Kier molecular flexibility index (Phi) is 5.71. The summed E-state index contributed by atoms with van der Waals surface area (Å²) in [6.45, 7) is 1.69. The van der Waals surface area contributed by atoms with Crippen LogP contribution in [0.1, 0.15) is 17.3 Å². The summed E-state index contributed by atoms with van der Waals surface area (Å²) in [5.41, 5.74) is 5.46. The van der Waals surface area contributed by atoms with E-state index in [4.69, 9.17) is 22.1 Å². The molecule has 1 amide bonds. The Morgan fingerprint density at radius 3 is 2.70 bits per heavy atom. The first-order valence-electron chi connectivity index (χ1n) is 7.99. The van der Waals surface area contributed by atoms with Crippen molar-refractivity contribution in [3.63, 3.8) is 0 Å². The maximum absolute atomic E-state index is 12.6. The Bertz CT molecular complexity index is 1060. The number of ether oxygens (including phenoxy) is 1. The van der Waals surface area contributed by atoms with Crippen LogP contribution >= 0.6 is 22.9 Å². The van der Waals surface area contributed by atoms with Crippen LogP contribution in [0.2, 0.25) is 5.02 Å². The Balaban J connectivity index is 1.70. The molecule has 3 N–H and O–H groups in total. The second kappa shape index (κ2) is 7.85. The van der Waals surface area contributed by atoms with Crippen LogP contribution < -0.4 is 15.2 Å². The van der Waals surface area contributed by atoms with E-state index in [1.54, 1.807) is 19.1 Å². The van der Waals surface area contributed by atoms with Crippen molar-refractivity contribution in [3.05, 3.63) is 59.1 Å². The van der Waals surface area contributed by atoms with Gasteiger partial charge in [-0.25, -0.2) is 13.1 Å². The van der Waals surface area contributed by atoms with E-state index < -0.39 is 22.0 Å². The number of nitrogens with two attached hydrogens (primary N) is 1. The topological polar surface area (TPSA) is 98.5 Å². The second-order valence-corrected chi connectivity index (χ2v) is 9.40. The number of halogens is 1. The minimum Gasteiger partial charge on any atom is -0.491 e. The number of primary amides is 1. The van der Waals surface area contributed by atoms with Crippen molar-refractivity contribution in [3.8, 4) is 5.75 Å². The number of thiophene rings is 1. The van der Waals surface area contributed by atoms with E-state index in [2.05, 4.69) is 4.72 Å². The number of carbonyl (C=O) groups excluding carboxylic acids is 1. The van der Waals surface area contributed by atoms with Crippen LogP contribution in [0.4, 0.5) is 0 Å². The average molecular weight is 425 g/mol. The zero-order valence-electron chi connectivity index (χ0n) is 14.3. The molecule has 1 atom stereocenters. The predicted octanol–water partition coefficient (Wildman–Crippen LogP) is 3.40. The van der Waals surface area contributed by atoms with Crippen LogP contribution in [-0.4, -0.2) is 27.0 Å². The number of hydrogen-bond acceptors (Lipinski definition) is 5. The number of nitrogens with one attached hydrogen (secondary N) is 1. The van der Waals surface area contributed by atoms with Gasteiger partial charge in [-0.2, -0.15) is 0 Å². The van der Waals surface area contributed by atoms with Gasteiger partial charge in [0.25, 0.3) is 5.91 Å². The van der Waals surface area contributed by atoms with Crippen LogP contribution in [0.3, 0.4) is 0 Å². The van der Waals surface area contributed by atoms with E-state index >= 15 is 0 Å². The lowest BCUT2D eigenvalue weighted by Crippen LogP contribution is -2.36. The summed E-state index contributed by atoms with van der Waals surface area (Å²) in [6.07, 6.45) is 0. The highest BCUT2D eigenvalue weighted by molar-refractivity contribution is 7.91. The maximum Gasteiger partial charge on any atom is 0.252 e. The normalized spacial score (nSPS) is 12.8. The molecule has 9 heteroatoms. The van der Waals surface area contributed by atoms with Gasteiger partial charge in [0.1, 0.15) is 16.6 Å². The molecule has 0 spiro atoms. The highest BCUT2D eigenvalue weighted by atomic mass is 35.5. The van der Waals surface area contributed by atoms with Crippen molar-refractivity contribution in [2.45, 2.75) is 17.2 Å². The van der Waals surface area contributed by atoms with Gasteiger partial charge in [0.05, 0.1) is 11.6 Å². The number of carbonyl (C=O) groups is 1. The minimum atomic E-state index is -3.68. The largest absolute Gasteiger partial charge is 0.491 e. The maximum atomic E-state index is 12.6. The Labute approximate surface area is 165 Å². The number of sulfonamides is 1. The fourth-order valence-electron chi connectivity index (χ4n) is 2.48.